The van der Waals surface area contributed by atoms with E-state index < -0.39 is 6.04 Å². The number of hydrogen-bond acceptors (Lipinski definition) is 4. The molecule has 0 N–H and O–H groups in total. The molecule has 2 rings (SSSR count). The van der Waals surface area contributed by atoms with Crippen molar-refractivity contribution in [2.75, 3.05) is 13.2 Å². The third kappa shape index (κ3) is 3.39. The van der Waals surface area contributed by atoms with Crippen LogP contribution < -0.4 is 0 Å². The standard InChI is InChI=1S/C15H21NO3S/c1-3-19-15(18)12-6-4-5-8-16(12)14(17)10-13-11(2)7-9-20-13/h7,9,12H,3-6,8,10H2,1-2H3. The van der Waals surface area contributed by atoms with Crippen molar-refractivity contribution in [2.24, 2.45) is 0 Å². The van der Waals surface area contributed by atoms with Crippen LogP contribution in [0.2, 0.25) is 0 Å². The first-order valence-corrected chi connectivity index (χ1v) is 8.00. The zero-order valence-electron chi connectivity index (χ0n) is 12.1. The van der Waals surface area contributed by atoms with E-state index in [1.54, 1.807) is 23.2 Å². The molecular weight excluding hydrogens is 274 g/mol. The highest BCUT2D eigenvalue weighted by atomic mass is 32.1. The van der Waals surface area contributed by atoms with Crippen LogP contribution in [-0.4, -0.2) is 36.0 Å². The van der Waals surface area contributed by atoms with Crippen LogP contribution >= 0.6 is 11.3 Å². The van der Waals surface area contributed by atoms with Crippen LogP contribution in [0.3, 0.4) is 0 Å². The third-order valence-corrected chi connectivity index (χ3v) is 4.68. The zero-order chi connectivity index (χ0) is 14.5. The normalized spacial score (nSPS) is 18.9. The summed E-state index contributed by atoms with van der Waals surface area (Å²) in [6, 6.07) is 1.63. The van der Waals surface area contributed by atoms with Gasteiger partial charge in [-0.2, -0.15) is 0 Å². The highest BCUT2D eigenvalue weighted by Crippen LogP contribution is 2.22. The second-order valence-corrected chi connectivity index (χ2v) is 6.05. The Balaban J connectivity index is 2.05. The molecule has 1 aromatic heterocycles. The highest BCUT2D eigenvalue weighted by Gasteiger charge is 2.33. The molecule has 1 aliphatic rings. The Hall–Kier alpha value is -1.36. The quantitative estimate of drug-likeness (QED) is 0.802. The fourth-order valence-electron chi connectivity index (χ4n) is 2.54. The molecule has 0 saturated carbocycles. The molecule has 0 spiro atoms. The first-order chi connectivity index (χ1) is 9.63. The number of hydrogen-bond donors (Lipinski definition) is 0. The molecule has 1 atom stereocenters. The second-order valence-electron chi connectivity index (χ2n) is 5.05. The molecule has 1 unspecified atom stereocenters. The SMILES string of the molecule is CCOC(=O)C1CCCCN1C(=O)Cc1sccc1C. The predicted octanol–water partition coefficient (Wildman–Crippen LogP) is 2.54. The lowest BCUT2D eigenvalue weighted by Crippen LogP contribution is -2.49. The summed E-state index contributed by atoms with van der Waals surface area (Å²) in [5.41, 5.74) is 1.15. The maximum Gasteiger partial charge on any atom is 0.328 e. The fraction of sp³-hybridized carbons (Fsp3) is 0.600. The van der Waals surface area contributed by atoms with E-state index in [1.807, 2.05) is 18.4 Å². The van der Waals surface area contributed by atoms with E-state index in [-0.39, 0.29) is 11.9 Å². The lowest BCUT2D eigenvalue weighted by Gasteiger charge is -2.34. The largest absolute Gasteiger partial charge is 0.464 e. The topological polar surface area (TPSA) is 46.6 Å². The molecule has 1 aliphatic heterocycles. The summed E-state index contributed by atoms with van der Waals surface area (Å²) >= 11 is 1.60. The van der Waals surface area contributed by atoms with Gasteiger partial charge in [-0.15, -0.1) is 11.3 Å². The summed E-state index contributed by atoms with van der Waals surface area (Å²) in [7, 11) is 0. The summed E-state index contributed by atoms with van der Waals surface area (Å²) in [6.45, 7) is 4.83. The maximum absolute atomic E-state index is 12.5. The molecule has 4 nitrogen and oxygen atoms in total. The number of rotatable bonds is 4. The first-order valence-electron chi connectivity index (χ1n) is 7.12. The van der Waals surface area contributed by atoms with Gasteiger partial charge in [-0.05, 0) is 50.1 Å². The monoisotopic (exact) mass is 295 g/mol. The van der Waals surface area contributed by atoms with Gasteiger partial charge in [0.05, 0.1) is 13.0 Å². The smallest absolute Gasteiger partial charge is 0.328 e. The second kappa shape index (κ2) is 6.88. The lowest BCUT2D eigenvalue weighted by atomic mass is 10.0. The van der Waals surface area contributed by atoms with E-state index in [2.05, 4.69) is 0 Å². The number of amides is 1. The Morgan fingerprint density at radius 1 is 1.45 bits per heavy atom. The molecule has 0 aromatic carbocycles. The number of carbonyl (C=O) groups excluding carboxylic acids is 2. The number of thiophene rings is 1. The van der Waals surface area contributed by atoms with Crippen molar-refractivity contribution in [3.05, 3.63) is 21.9 Å². The van der Waals surface area contributed by atoms with Gasteiger partial charge in [0, 0.05) is 11.4 Å². The van der Waals surface area contributed by atoms with Gasteiger partial charge in [0.15, 0.2) is 0 Å². The minimum Gasteiger partial charge on any atom is -0.464 e. The highest BCUT2D eigenvalue weighted by molar-refractivity contribution is 7.10. The van der Waals surface area contributed by atoms with Crippen LogP contribution in [0.5, 0.6) is 0 Å². The fourth-order valence-corrected chi connectivity index (χ4v) is 3.43. The zero-order valence-corrected chi connectivity index (χ0v) is 12.9. The molecule has 0 bridgehead atoms. The van der Waals surface area contributed by atoms with Crippen LogP contribution in [0, 0.1) is 6.92 Å². The van der Waals surface area contributed by atoms with E-state index >= 15 is 0 Å². The van der Waals surface area contributed by atoms with Crippen molar-refractivity contribution < 1.29 is 14.3 Å². The van der Waals surface area contributed by atoms with E-state index in [1.165, 1.54) is 0 Å². The van der Waals surface area contributed by atoms with E-state index in [0.29, 0.717) is 26.0 Å². The maximum atomic E-state index is 12.5. The molecule has 2 heterocycles. The Labute approximate surface area is 123 Å². The van der Waals surface area contributed by atoms with Crippen molar-refractivity contribution in [1.29, 1.82) is 0 Å². The van der Waals surface area contributed by atoms with Crippen LogP contribution in [-0.2, 0) is 20.7 Å². The van der Waals surface area contributed by atoms with Gasteiger partial charge in [0.2, 0.25) is 5.91 Å². The summed E-state index contributed by atoms with van der Waals surface area (Å²) < 4.78 is 5.09. The van der Waals surface area contributed by atoms with E-state index in [9.17, 15) is 9.59 Å². The molecular formula is C15H21NO3S. The number of esters is 1. The van der Waals surface area contributed by atoms with Gasteiger partial charge >= 0.3 is 5.97 Å². The number of carbonyl (C=O) groups is 2. The van der Waals surface area contributed by atoms with Crippen molar-refractivity contribution in [2.45, 2.75) is 45.6 Å². The van der Waals surface area contributed by atoms with Crippen LogP contribution in [0.1, 0.15) is 36.6 Å². The van der Waals surface area contributed by atoms with Gasteiger partial charge in [-0.3, -0.25) is 4.79 Å². The van der Waals surface area contributed by atoms with Crippen molar-refractivity contribution in [3.8, 4) is 0 Å². The van der Waals surface area contributed by atoms with E-state index in [0.717, 1.165) is 23.3 Å². The first kappa shape index (κ1) is 15.0. The summed E-state index contributed by atoms with van der Waals surface area (Å²) in [5.74, 6) is -0.225. The minimum absolute atomic E-state index is 0.0355. The minimum atomic E-state index is -0.392. The van der Waals surface area contributed by atoms with Gasteiger partial charge in [0.1, 0.15) is 6.04 Å². The molecule has 110 valence electrons. The molecule has 1 aromatic rings. The number of piperidine rings is 1. The molecule has 1 fully saturated rings. The van der Waals surface area contributed by atoms with Crippen molar-refractivity contribution >= 4 is 23.2 Å². The summed E-state index contributed by atoms with van der Waals surface area (Å²) in [5, 5.41) is 2.00. The Kier molecular flexibility index (Phi) is 5.17. The Bertz CT molecular complexity index is 483. The molecule has 20 heavy (non-hydrogen) atoms. The summed E-state index contributed by atoms with van der Waals surface area (Å²) in [6.07, 6.45) is 3.05. The molecule has 1 amide bonds. The molecule has 0 radical (unpaired) electrons. The number of ether oxygens (including phenoxy) is 1. The van der Waals surface area contributed by atoms with Gasteiger partial charge in [0.25, 0.3) is 0 Å². The van der Waals surface area contributed by atoms with Crippen molar-refractivity contribution in [1.82, 2.24) is 4.90 Å². The van der Waals surface area contributed by atoms with Gasteiger partial charge in [-0.25, -0.2) is 4.79 Å². The van der Waals surface area contributed by atoms with Crippen LogP contribution in [0.15, 0.2) is 11.4 Å². The van der Waals surface area contributed by atoms with E-state index in [4.69, 9.17) is 4.74 Å². The Morgan fingerprint density at radius 3 is 2.90 bits per heavy atom. The molecule has 5 heteroatoms. The van der Waals surface area contributed by atoms with Crippen LogP contribution in [0.25, 0.3) is 0 Å². The Morgan fingerprint density at radius 2 is 2.25 bits per heavy atom. The average molecular weight is 295 g/mol. The predicted molar refractivity (Wildman–Crippen MR) is 78.7 cm³/mol. The summed E-state index contributed by atoms with van der Waals surface area (Å²) in [4.78, 5) is 27.2. The third-order valence-electron chi connectivity index (χ3n) is 3.66. The van der Waals surface area contributed by atoms with Crippen LogP contribution in [0.4, 0.5) is 0 Å². The number of aryl methyl sites for hydroxylation is 1. The molecule has 0 aliphatic carbocycles. The van der Waals surface area contributed by atoms with Gasteiger partial charge < -0.3 is 9.64 Å². The lowest BCUT2D eigenvalue weighted by molar-refractivity contribution is -0.156. The number of nitrogens with zero attached hydrogens (tertiary/aromatic N) is 1. The molecule has 1 saturated heterocycles. The number of likely N-dealkylation sites (tertiary alicyclic amines) is 1. The van der Waals surface area contributed by atoms with Gasteiger partial charge in [-0.1, -0.05) is 0 Å². The van der Waals surface area contributed by atoms with Crippen molar-refractivity contribution in [3.63, 3.8) is 0 Å². The average Bonchev–Trinajstić information content (AvgIpc) is 2.84.